The summed E-state index contributed by atoms with van der Waals surface area (Å²) in [4.78, 5) is 9.39. The SMILES string of the molecule is COCCCOc1cc2c(nc1OC)C=NC1C2CCC1(C)C. The highest BCUT2D eigenvalue weighted by Crippen LogP contribution is 2.51. The highest BCUT2D eigenvalue weighted by atomic mass is 16.5. The molecule has 5 nitrogen and oxygen atoms in total. The van der Waals surface area contributed by atoms with Crippen LogP contribution in [0.1, 0.15) is 50.3 Å². The van der Waals surface area contributed by atoms with Gasteiger partial charge in [-0.2, -0.15) is 0 Å². The first-order valence-electron chi connectivity index (χ1n) is 8.30. The van der Waals surface area contributed by atoms with Crippen molar-refractivity contribution in [1.29, 1.82) is 0 Å². The zero-order valence-corrected chi connectivity index (χ0v) is 14.5. The number of aromatic nitrogens is 1. The molecule has 1 aliphatic heterocycles. The van der Waals surface area contributed by atoms with Gasteiger partial charge in [0, 0.05) is 32.3 Å². The van der Waals surface area contributed by atoms with Crippen molar-refractivity contribution >= 4 is 6.21 Å². The van der Waals surface area contributed by atoms with Crippen molar-refractivity contribution in [2.75, 3.05) is 27.4 Å². The molecule has 0 aromatic carbocycles. The average Bonchev–Trinajstić information content (AvgIpc) is 2.86. The molecule has 1 fully saturated rings. The average molecular weight is 318 g/mol. The van der Waals surface area contributed by atoms with E-state index in [1.54, 1.807) is 14.2 Å². The molecule has 2 atom stereocenters. The summed E-state index contributed by atoms with van der Waals surface area (Å²) in [5.74, 6) is 1.69. The van der Waals surface area contributed by atoms with Crippen LogP contribution in [0.4, 0.5) is 0 Å². The molecule has 126 valence electrons. The van der Waals surface area contributed by atoms with E-state index in [-0.39, 0.29) is 5.41 Å². The molecule has 3 rings (SSSR count). The van der Waals surface area contributed by atoms with Crippen molar-refractivity contribution in [1.82, 2.24) is 4.98 Å². The van der Waals surface area contributed by atoms with E-state index in [4.69, 9.17) is 19.2 Å². The Bertz CT molecular complexity index is 598. The Balaban J connectivity index is 1.87. The van der Waals surface area contributed by atoms with Crippen molar-refractivity contribution in [3.05, 3.63) is 17.3 Å². The molecular weight excluding hydrogens is 292 g/mol. The summed E-state index contributed by atoms with van der Waals surface area (Å²) in [6.45, 7) is 5.89. The lowest BCUT2D eigenvalue weighted by Crippen LogP contribution is -2.29. The van der Waals surface area contributed by atoms with Crippen LogP contribution in [0, 0.1) is 5.41 Å². The maximum absolute atomic E-state index is 5.88. The molecule has 0 saturated heterocycles. The van der Waals surface area contributed by atoms with Crippen LogP contribution in [0.2, 0.25) is 0 Å². The fraction of sp³-hybridized carbons (Fsp3) is 0.667. The molecule has 1 aromatic rings. The molecule has 2 heterocycles. The third-order valence-corrected chi connectivity index (χ3v) is 5.00. The largest absolute Gasteiger partial charge is 0.488 e. The number of rotatable bonds is 6. The predicted octanol–water partition coefficient (Wildman–Crippen LogP) is 3.21. The van der Waals surface area contributed by atoms with Crippen LogP contribution in [0.15, 0.2) is 11.1 Å². The Morgan fingerprint density at radius 1 is 1.26 bits per heavy atom. The Morgan fingerprint density at radius 3 is 2.83 bits per heavy atom. The lowest BCUT2D eigenvalue weighted by Gasteiger charge is -2.30. The van der Waals surface area contributed by atoms with Crippen LogP contribution >= 0.6 is 0 Å². The minimum Gasteiger partial charge on any atom is -0.488 e. The van der Waals surface area contributed by atoms with Gasteiger partial charge in [0.05, 0.1) is 25.5 Å². The number of nitrogens with zero attached hydrogens (tertiary/aromatic N) is 2. The van der Waals surface area contributed by atoms with Gasteiger partial charge >= 0.3 is 0 Å². The van der Waals surface area contributed by atoms with Gasteiger partial charge in [0.2, 0.25) is 0 Å². The second kappa shape index (κ2) is 6.48. The van der Waals surface area contributed by atoms with Crippen molar-refractivity contribution in [2.24, 2.45) is 10.4 Å². The van der Waals surface area contributed by atoms with E-state index >= 15 is 0 Å². The molecule has 1 saturated carbocycles. The normalized spacial score (nSPS) is 24.2. The minimum atomic E-state index is 0.248. The standard InChI is InChI=1S/C18H26N2O3/c1-18(2)7-6-12-13-10-15(23-9-5-8-21-3)17(22-4)20-14(13)11-19-16(12)18/h10-12,16H,5-9H2,1-4H3. The van der Waals surface area contributed by atoms with Crippen molar-refractivity contribution < 1.29 is 14.2 Å². The summed E-state index contributed by atoms with van der Waals surface area (Å²) in [5.41, 5.74) is 2.42. The van der Waals surface area contributed by atoms with Gasteiger partial charge in [0.25, 0.3) is 5.88 Å². The van der Waals surface area contributed by atoms with Crippen molar-refractivity contribution in [3.8, 4) is 11.6 Å². The van der Waals surface area contributed by atoms with E-state index in [0.29, 0.717) is 31.1 Å². The fourth-order valence-corrected chi connectivity index (χ4v) is 3.70. The number of ether oxygens (including phenoxy) is 3. The van der Waals surface area contributed by atoms with Crippen LogP contribution < -0.4 is 9.47 Å². The summed E-state index contributed by atoms with van der Waals surface area (Å²) in [5, 5.41) is 0. The summed E-state index contributed by atoms with van der Waals surface area (Å²) in [6, 6.07) is 2.45. The molecule has 1 aromatic heterocycles. The number of fused-ring (bicyclic) bond motifs is 3. The quantitative estimate of drug-likeness (QED) is 0.756. The van der Waals surface area contributed by atoms with Crippen molar-refractivity contribution in [2.45, 2.75) is 45.1 Å². The van der Waals surface area contributed by atoms with Crippen LogP contribution in [-0.4, -0.2) is 44.7 Å². The predicted molar refractivity (Wildman–Crippen MR) is 89.9 cm³/mol. The molecule has 2 unspecified atom stereocenters. The molecule has 0 spiro atoms. The first-order chi connectivity index (χ1) is 11.1. The number of hydrogen-bond acceptors (Lipinski definition) is 5. The summed E-state index contributed by atoms with van der Waals surface area (Å²) >= 11 is 0. The Hall–Kier alpha value is -1.62. The number of methoxy groups -OCH3 is 2. The third-order valence-electron chi connectivity index (χ3n) is 5.00. The van der Waals surface area contributed by atoms with Crippen LogP contribution in [0.3, 0.4) is 0 Å². The second-order valence-corrected chi connectivity index (χ2v) is 7.02. The highest BCUT2D eigenvalue weighted by molar-refractivity contribution is 5.82. The second-order valence-electron chi connectivity index (χ2n) is 7.02. The van der Waals surface area contributed by atoms with Gasteiger partial charge in [0.1, 0.15) is 0 Å². The topological polar surface area (TPSA) is 52.9 Å². The number of hydrogen-bond donors (Lipinski definition) is 0. The maximum atomic E-state index is 5.88. The molecule has 1 aliphatic carbocycles. The van der Waals surface area contributed by atoms with Gasteiger partial charge in [-0.1, -0.05) is 13.8 Å². The highest BCUT2D eigenvalue weighted by Gasteiger charge is 2.45. The zero-order chi connectivity index (χ0) is 16.4. The van der Waals surface area contributed by atoms with Gasteiger partial charge in [-0.3, -0.25) is 4.99 Å². The van der Waals surface area contributed by atoms with Gasteiger partial charge < -0.3 is 14.2 Å². The summed E-state index contributed by atoms with van der Waals surface area (Å²) < 4.78 is 16.3. The maximum Gasteiger partial charge on any atom is 0.257 e. The molecule has 2 aliphatic rings. The molecule has 23 heavy (non-hydrogen) atoms. The molecule has 0 amide bonds. The van der Waals surface area contributed by atoms with Gasteiger partial charge in [-0.15, -0.1) is 0 Å². The molecule has 0 bridgehead atoms. The Kier molecular flexibility index (Phi) is 4.57. The fourth-order valence-electron chi connectivity index (χ4n) is 3.70. The van der Waals surface area contributed by atoms with E-state index in [1.807, 2.05) is 6.21 Å². The van der Waals surface area contributed by atoms with Gasteiger partial charge in [-0.25, -0.2) is 4.98 Å². The van der Waals surface area contributed by atoms with Crippen LogP contribution in [0.5, 0.6) is 11.6 Å². The van der Waals surface area contributed by atoms with Gasteiger partial charge in [0.15, 0.2) is 5.75 Å². The van der Waals surface area contributed by atoms with Crippen LogP contribution in [-0.2, 0) is 4.74 Å². The smallest absolute Gasteiger partial charge is 0.257 e. The molecule has 0 N–H and O–H groups in total. The zero-order valence-electron chi connectivity index (χ0n) is 14.5. The van der Waals surface area contributed by atoms with E-state index in [0.717, 1.165) is 24.3 Å². The summed E-state index contributed by atoms with van der Waals surface area (Å²) in [6.07, 6.45) is 5.09. The van der Waals surface area contributed by atoms with E-state index in [2.05, 4.69) is 24.9 Å². The molecule has 0 radical (unpaired) electrons. The van der Waals surface area contributed by atoms with E-state index in [9.17, 15) is 0 Å². The number of aliphatic imine (C=N–C) groups is 1. The van der Waals surface area contributed by atoms with E-state index < -0.39 is 0 Å². The number of pyridine rings is 1. The van der Waals surface area contributed by atoms with Crippen molar-refractivity contribution in [3.63, 3.8) is 0 Å². The monoisotopic (exact) mass is 318 g/mol. The third kappa shape index (κ3) is 3.07. The van der Waals surface area contributed by atoms with Crippen LogP contribution in [0.25, 0.3) is 0 Å². The molecule has 5 heteroatoms. The molecular formula is C18H26N2O3. The first-order valence-corrected chi connectivity index (χ1v) is 8.30. The Labute approximate surface area is 138 Å². The van der Waals surface area contributed by atoms with Gasteiger partial charge in [-0.05, 0) is 29.9 Å². The first kappa shape index (κ1) is 16.2. The lowest BCUT2D eigenvalue weighted by molar-refractivity contribution is 0.170. The van der Waals surface area contributed by atoms with E-state index in [1.165, 1.54) is 12.0 Å². The minimum absolute atomic E-state index is 0.248. The lowest BCUT2D eigenvalue weighted by atomic mass is 9.81. The summed E-state index contributed by atoms with van der Waals surface area (Å²) in [7, 11) is 3.32. The Morgan fingerprint density at radius 2 is 2.09 bits per heavy atom.